The van der Waals surface area contributed by atoms with Crippen molar-refractivity contribution in [2.45, 2.75) is 0 Å². The third-order valence-electron chi connectivity index (χ3n) is 0.977. The van der Waals surface area contributed by atoms with Crippen LogP contribution in [0, 0.1) is 17.7 Å². The highest BCUT2D eigenvalue weighted by atomic mass is 19.1. The van der Waals surface area contributed by atoms with Crippen molar-refractivity contribution < 1.29 is 13.6 Å². The Balaban J connectivity index is 3.20. The van der Waals surface area contributed by atoms with Crippen LogP contribution in [0.25, 0.3) is 0 Å². The molecule has 1 aromatic heterocycles. The minimum atomic E-state index is -1.17. The second-order valence-electron chi connectivity index (χ2n) is 1.76. The van der Waals surface area contributed by atoms with Gasteiger partial charge in [-0.1, -0.05) is 0 Å². The molecule has 0 unspecified atom stereocenters. The van der Waals surface area contributed by atoms with Gasteiger partial charge in [-0.3, -0.25) is 4.79 Å². The van der Waals surface area contributed by atoms with Gasteiger partial charge in [0.1, 0.15) is 0 Å². The van der Waals surface area contributed by atoms with Gasteiger partial charge in [0.2, 0.25) is 0 Å². The van der Waals surface area contributed by atoms with Crippen LogP contribution in [0.2, 0.25) is 0 Å². The van der Waals surface area contributed by atoms with Gasteiger partial charge in [0.05, 0.1) is 12.3 Å². The Bertz CT molecular complexity index is 301. The van der Waals surface area contributed by atoms with Crippen LogP contribution in [0.5, 0.6) is 0 Å². The molecule has 0 fully saturated rings. The summed E-state index contributed by atoms with van der Waals surface area (Å²) in [4.78, 5) is 13.4. The number of carbonyl (C=O) groups excluding carboxylic acids is 1. The van der Waals surface area contributed by atoms with E-state index in [2.05, 4.69) is 10.7 Å². The highest BCUT2D eigenvalue weighted by Crippen LogP contribution is 2.03. The van der Waals surface area contributed by atoms with Gasteiger partial charge in [-0.15, -0.1) is 0 Å². The van der Waals surface area contributed by atoms with E-state index in [1.54, 1.807) is 6.07 Å². The van der Waals surface area contributed by atoms with Gasteiger partial charge < -0.3 is 5.73 Å². The van der Waals surface area contributed by atoms with Crippen molar-refractivity contribution in [3.05, 3.63) is 29.6 Å². The number of hydrogen-bond donors (Lipinski definition) is 1. The normalized spacial score (nSPS) is 9.64. The van der Waals surface area contributed by atoms with Crippen LogP contribution in [0.15, 0.2) is 6.20 Å². The Labute approximate surface area is 60.8 Å². The third-order valence-corrected chi connectivity index (χ3v) is 0.977. The summed E-state index contributed by atoms with van der Waals surface area (Å²) in [6.07, 6.45) is 0.670. The minimum absolute atomic E-state index is 0.605. The topological polar surface area (TPSA) is 56.0 Å². The average molecular weight is 157 g/mol. The number of halogens is 2. The van der Waals surface area contributed by atoms with Crippen LogP contribution < -0.4 is 5.73 Å². The van der Waals surface area contributed by atoms with Gasteiger partial charge in [0.15, 0.2) is 17.3 Å². The first-order chi connectivity index (χ1) is 5.11. The second kappa shape index (κ2) is 2.61. The van der Waals surface area contributed by atoms with Gasteiger partial charge in [-0.2, -0.15) is 0 Å². The lowest BCUT2D eigenvalue weighted by molar-refractivity contribution is 0.0991. The fraction of sp³-hybridized carbons (Fsp3) is 0. The summed E-state index contributed by atoms with van der Waals surface area (Å²) in [6.45, 7) is 0. The number of aromatic nitrogens is 1. The number of pyridine rings is 1. The lowest BCUT2D eigenvalue weighted by Crippen LogP contribution is -2.15. The molecule has 0 bridgehead atoms. The molecule has 0 aliphatic rings. The molecule has 1 amide bonds. The number of carbonyl (C=O) groups is 1. The summed E-state index contributed by atoms with van der Waals surface area (Å²) >= 11 is 0. The molecule has 3 nitrogen and oxygen atoms in total. The summed E-state index contributed by atoms with van der Waals surface area (Å²) in [7, 11) is 0. The molecule has 2 N–H and O–H groups in total. The van der Waals surface area contributed by atoms with Crippen molar-refractivity contribution in [1.29, 1.82) is 0 Å². The van der Waals surface area contributed by atoms with Crippen LogP contribution in [0.4, 0.5) is 8.78 Å². The van der Waals surface area contributed by atoms with E-state index in [-0.39, 0.29) is 0 Å². The number of primary amides is 1. The molecule has 57 valence electrons. The molecule has 0 spiro atoms. The molecule has 1 aromatic rings. The van der Waals surface area contributed by atoms with Crippen molar-refractivity contribution in [2.75, 3.05) is 0 Å². The summed E-state index contributed by atoms with van der Waals surface area (Å²) < 4.78 is 24.5. The summed E-state index contributed by atoms with van der Waals surface area (Å²) in [5.74, 6) is -3.18. The molecule has 0 aliphatic carbocycles. The summed E-state index contributed by atoms with van der Waals surface area (Å²) in [5, 5.41) is 0. The second-order valence-corrected chi connectivity index (χ2v) is 1.76. The Morgan fingerprint density at radius 3 is 2.73 bits per heavy atom. The smallest absolute Gasteiger partial charge is 0.270 e. The van der Waals surface area contributed by atoms with E-state index in [1.807, 2.05) is 0 Å². The van der Waals surface area contributed by atoms with Gasteiger partial charge in [-0.25, -0.2) is 13.8 Å². The highest BCUT2D eigenvalue weighted by molar-refractivity contribution is 5.90. The van der Waals surface area contributed by atoms with Crippen molar-refractivity contribution in [3.8, 4) is 0 Å². The molecular weight excluding hydrogens is 154 g/mol. The van der Waals surface area contributed by atoms with Gasteiger partial charge in [0, 0.05) is 0 Å². The maximum atomic E-state index is 12.4. The number of amides is 1. The lowest BCUT2D eigenvalue weighted by atomic mass is 10.3. The largest absolute Gasteiger partial charge is 0.364 e. The Hall–Kier alpha value is -1.52. The fourth-order valence-corrected chi connectivity index (χ4v) is 0.546. The SMILES string of the molecule is NC(=O)c1ncc(F)[c]c1F. The van der Waals surface area contributed by atoms with E-state index in [0.717, 1.165) is 0 Å². The Kier molecular flexibility index (Phi) is 1.80. The molecule has 1 heterocycles. The highest BCUT2D eigenvalue weighted by Gasteiger charge is 2.10. The molecule has 0 aromatic carbocycles. The van der Waals surface area contributed by atoms with Gasteiger partial charge in [0.25, 0.3) is 5.91 Å². The van der Waals surface area contributed by atoms with Crippen molar-refractivity contribution in [3.63, 3.8) is 0 Å². The molecule has 0 saturated heterocycles. The first-order valence-electron chi connectivity index (χ1n) is 2.64. The van der Waals surface area contributed by atoms with E-state index >= 15 is 0 Å². The zero-order valence-electron chi connectivity index (χ0n) is 5.27. The average Bonchev–Trinajstić information content (AvgIpc) is 1.85. The monoisotopic (exact) mass is 157 g/mol. The van der Waals surface area contributed by atoms with Crippen LogP contribution in [-0.2, 0) is 0 Å². The fourth-order valence-electron chi connectivity index (χ4n) is 0.546. The Morgan fingerprint density at radius 1 is 1.64 bits per heavy atom. The van der Waals surface area contributed by atoms with Gasteiger partial charge >= 0.3 is 0 Å². The van der Waals surface area contributed by atoms with Crippen molar-refractivity contribution in [1.82, 2.24) is 4.98 Å². The van der Waals surface area contributed by atoms with Crippen molar-refractivity contribution in [2.24, 2.45) is 5.73 Å². The van der Waals surface area contributed by atoms with Crippen LogP contribution in [-0.4, -0.2) is 10.9 Å². The van der Waals surface area contributed by atoms with Crippen LogP contribution in [0.1, 0.15) is 10.5 Å². The molecule has 0 atom stereocenters. The zero-order chi connectivity index (χ0) is 8.43. The number of nitrogens with zero attached hydrogens (tertiary/aromatic N) is 1. The van der Waals surface area contributed by atoms with Gasteiger partial charge in [-0.05, 0) is 0 Å². The maximum absolute atomic E-state index is 12.4. The Morgan fingerprint density at radius 2 is 2.27 bits per heavy atom. The maximum Gasteiger partial charge on any atom is 0.270 e. The van der Waals surface area contributed by atoms with Crippen LogP contribution >= 0.6 is 0 Å². The molecule has 0 aliphatic heterocycles. The quantitative estimate of drug-likeness (QED) is 0.635. The molecule has 1 rings (SSSR count). The van der Waals surface area contributed by atoms with E-state index in [9.17, 15) is 13.6 Å². The lowest BCUT2D eigenvalue weighted by Gasteiger charge is -1.94. The predicted molar refractivity (Wildman–Crippen MR) is 31.5 cm³/mol. The molecule has 0 saturated carbocycles. The number of nitrogens with two attached hydrogens (primary N) is 1. The van der Waals surface area contributed by atoms with Crippen LogP contribution in [0.3, 0.4) is 0 Å². The third kappa shape index (κ3) is 1.49. The molecule has 1 radical (unpaired) electrons. The van der Waals surface area contributed by atoms with Crippen molar-refractivity contribution >= 4 is 5.91 Å². The number of rotatable bonds is 1. The first-order valence-corrected chi connectivity index (χ1v) is 2.64. The summed E-state index contributed by atoms with van der Waals surface area (Å²) in [5.41, 5.74) is 4.08. The van der Waals surface area contributed by atoms with E-state index in [1.165, 1.54) is 0 Å². The number of hydrogen-bond acceptors (Lipinski definition) is 2. The zero-order valence-corrected chi connectivity index (χ0v) is 5.27. The van der Waals surface area contributed by atoms with E-state index in [4.69, 9.17) is 0 Å². The first kappa shape index (κ1) is 7.59. The summed E-state index contributed by atoms with van der Waals surface area (Å²) in [6, 6.07) is 1.62. The predicted octanol–water partition coefficient (Wildman–Crippen LogP) is 0.259. The van der Waals surface area contributed by atoms with E-state index in [0.29, 0.717) is 6.20 Å². The standard InChI is InChI=1S/C6H3F2N2O/c7-3-1-4(8)5(6(9)11)10-2-3/h2H,(H2,9,11). The molecule has 11 heavy (non-hydrogen) atoms. The molecular formula is C6H3F2N2O. The van der Waals surface area contributed by atoms with E-state index < -0.39 is 23.2 Å². The minimum Gasteiger partial charge on any atom is -0.364 e. The molecule has 5 heteroatoms.